The number of nitrogens with zero attached hydrogens (tertiary/aromatic N) is 3. The molecule has 4 aromatic rings. The molecule has 0 bridgehead atoms. The molecule has 1 fully saturated rings. The summed E-state index contributed by atoms with van der Waals surface area (Å²) in [6, 6.07) is 14.5. The summed E-state index contributed by atoms with van der Waals surface area (Å²) in [6.45, 7) is 5.44. The van der Waals surface area contributed by atoms with Crippen molar-refractivity contribution < 1.29 is 9.18 Å². The number of nitrogens with one attached hydrogen (secondary N) is 4. The fraction of sp³-hybridized carbons (Fsp3) is 0.154. The first-order chi connectivity index (χ1) is 17.1. The molecule has 1 amide bonds. The van der Waals surface area contributed by atoms with Crippen LogP contribution in [0.15, 0.2) is 73.6 Å². The van der Waals surface area contributed by atoms with Crippen LogP contribution in [0.3, 0.4) is 0 Å². The molecule has 5 rings (SSSR count). The Hall–Kier alpha value is -4.37. The monoisotopic (exact) mass is 469 g/mol. The molecule has 1 saturated heterocycles. The fourth-order valence-electron chi connectivity index (χ4n) is 4.01. The van der Waals surface area contributed by atoms with Crippen LogP contribution in [0.5, 0.6) is 0 Å². The molecule has 4 N–H and O–H groups in total. The number of pyridine rings is 1. The zero-order chi connectivity index (χ0) is 24.2. The predicted octanol–water partition coefficient (Wildman–Crippen LogP) is 4.47. The van der Waals surface area contributed by atoms with Gasteiger partial charge in [0.2, 0.25) is 11.9 Å². The second kappa shape index (κ2) is 9.86. The molecule has 1 aliphatic heterocycles. The lowest BCUT2D eigenvalue weighted by molar-refractivity contribution is -0.111. The fourth-order valence-corrected chi connectivity index (χ4v) is 4.01. The summed E-state index contributed by atoms with van der Waals surface area (Å²) in [4.78, 5) is 25.0. The maximum atomic E-state index is 15.0. The van der Waals surface area contributed by atoms with Crippen molar-refractivity contribution in [2.24, 2.45) is 0 Å². The van der Waals surface area contributed by atoms with Crippen LogP contribution >= 0.6 is 0 Å². The van der Waals surface area contributed by atoms with Crippen molar-refractivity contribution >= 4 is 39.8 Å². The highest BCUT2D eigenvalue weighted by molar-refractivity contribution is 6.00. The second-order valence-corrected chi connectivity index (χ2v) is 8.21. The third kappa shape index (κ3) is 5.10. The van der Waals surface area contributed by atoms with Gasteiger partial charge >= 0.3 is 0 Å². The standard InChI is InChI=1S/C26H24FN7O/c1-2-23(35)32-19-10-12-29-22(13-19)24-21(27)8-3-16-14-30-26(34-25(16)24)33-18-6-4-17(5-7-18)31-20-9-11-28-15-20/h2-8,10,12-14,20,28,31H,1,9,11,15H2,(H,29,32,35)(H,30,33,34)/t20-/m0/s1. The number of fused-ring (bicyclic) bond motifs is 1. The SMILES string of the molecule is C=CC(=O)Nc1ccnc(-c2c(F)ccc3cnc(Nc4ccc(N[C@H]5CCNC5)cc4)nc23)c1. The Morgan fingerprint density at radius 3 is 2.69 bits per heavy atom. The van der Waals surface area contributed by atoms with Crippen LogP contribution in [0.25, 0.3) is 22.2 Å². The number of hydrogen-bond donors (Lipinski definition) is 4. The lowest BCUT2D eigenvalue weighted by Crippen LogP contribution is -2.21. The van der Waals surface area contributed by atoms with Gasteiger partial charge in [0.1, 0.15) is 5.82 Å². The molecule has 0 unspecified atom stereocenters. The summed E-state index contributed by atoms with van der Waals surface area (Å²) in [5.74, 6) is -0.504. The van der Waals surface area contributed by atoms with Crippen molar-refractivity contribution in [1.29, 1.82) is 0 Å². The van der Waals surface area contributed by atoms with E-state index in [4.69, 9.17) is 0 Å². The van der Waals surface area contributed by atoms with Crippen LogP contribution in [0, 0.1) is 5.82 Å². The maximum Gasteiger partial charge on any atom is 0.247 e. The number of carbonyl (C=O) groups is 1. The number of carbonyl (C=O) groups excluding carboxylic acids is 1. The zero-order valence-corrected chi connectivity index (χ0v) is 18.9. The molecule has 3 heterocycles. The number of amides is 1. The van der Waals surface area contributed by atoms with E-state index in [9.17, 15) is 9.18 Å². The van der Waals surface area contributed by atoms with E-state index in [0.29, 0.717) is 34.3 Å². The van der Waals surface area contributed by atoms with Crippen molar-refractivity contribution in [1.82, 2.24) is 20.3 Å². The molecule has 0 radical (unpaired) electrons. The first kappa shape index (κ1) is 22.4. The molecule has 1 aliphatic rings. The van der Waals surface area contributed by atoms with E-state index in [1.165, 1.54) is 12.3 Å². The summed E-state index contributed by atoms with van der Waals surface area (Å²) in [6.07, 6.45) is 5.41. The summed E-state index contributed by atoms with van der Waals surface area (Å²) in [5.41, 5.74) is 3.32. The minimum absolute atomic E-state index is 0.229. The van der Waals surface area contributed by atoms with Gasteiger partial charge in [-0.1, -0.05) is 6.58 Å². The Balaban J connectivity index is 1.43. The van der Waals surface area contributed by atoms with Gasteiger partial charge in [-0.05, 0) is 67.6 Å². The van der Waals surface area contributed by atoms with Gasteiger partial charge < -0.3 is 21.3 Å². The largest absolute Gasteiger partial charge is 0.381 e. The third-order valence-electron chi connectivity index (χ3n) is 5.74. The van der Waals surface area contributed by atoms with E-state index in [-0.39, 0.29) is 11.5 Å². The minimum Gasteiger partial charge on any atom is -0.381 e. The van der Waals surface area contributed by atoms with Crippen molar-refractivity contribution in [3.8, 4) is 11.3 Å². The van der Waals surface area contributed by atoms with E-state index >= 15 is 0 Å². The molecule has 0 saturated carbocycles. The van der Waals surface area contributed by atoms with Crippen LogP contribution in [-0.4, -0.2) is 40.0 Å². The summed E-state index contributed by atoms with van der Waals surface area (Å²) in [5, 5.41) is 13.4. The Labute approximate surface area is 201 Å². The predicted molar refractivity (Wildman–Crippen MR) is 136 cm³/mol. The van der Waals surface area contributed by atoms with Gasteiger partial charge in [-0.25, -0.2) is 14.4 Å². The Morgan fingerprint density at radius 2 is 1.91 bits per heavy atom. The quantitative estimate of drug-likeness (QED) is 0.296. The second-order valence-electron chi connectivity index (χ2n) is 8.21. The summed E-state index contributed by atoms with van der Waals surface area (Å²) < 4.78 is 15.0. The molecular formula is C26H24FN7O. The molecule has 1 atom stereocenters. The van der Waals surface area contributed by atoms with Gasteiger partial charge in [-0.2, -0.15) is 0 Å². The first-order valence-corrected chi connectivity index (χ1v) is 11.3. The van der Waals surface area contributed by atoms with Crippen LogP contribution < -0.4 is 21.3 Å². The highest BCUT2D eigenvalue weighted by Gasteiger charge is 2.16. The van der Waals surface area contributed by atoms with Crippen molar-refractivity contribution in [2.75, 3.05) is 29.0 Å². The van der Waals surface area contributed by atoms with Crippen LogP contribution in [0.2, 0.25) is 0 Å². The summed E-state index contributed by atoms with van der Waals surface area (Å²) in [7, 11) is 0. The molecule has 8 nitrogen and oxygen atoms in total. The highest BCUT2D eigenvalue weighted by atomic mass is 19.1. The molecule has 0 spiro atoms. The molecule has 2 aromatic carbocycles. The number of benzene rings is 2. The van der Waals surface area contributed by atoms with Crippen molar-refractivity contribution in [2.45, 2.75) is 12.5 Å². The van der Waals surface area contributed by atoms with Gasteiger partial charge in [0, 0.05) is 47.4 Å². The van der Waals surface area contributed by atoms with E-state index in [1.807, 2.05) is 24.3 Å². The molecule has 9 heteroatoms. The van der Waals surface area contributed by atoms with E-state index in [2.05, 4.69) is 42.8 Å². The minimum atomic E-state index is -0.473. The van der Waals surface area contributed by atoms with Gasteiger partial charge in [-0.3, -0.25) is 9.78 Å². The van der Waals surface area contributed by atoms with Gasteiger partial charge in [0.15, 0.2) is 0 Å². The van der Waals surface area contributed by atoms with Gasteiger partial charge in [0.25, 0.3) is 0 Å². The number of halogens is 1. The van der Waals surface area contributed by atoms with E-state index in [0.717, 1.165) is 37.0 Å². The first-order valence-electron chi connectivity index (χ1n) is 11.3. The average molecular weight is 470 g/mol. The molecular weight excluding hydrogens is 445 g/mol. The molecule has 2 aromatic heterocycles. The highest BCUT2D eigenvalue weighted by Crippen LogP contribution is 2.31. The molecule has 0 aliphatic carbocycles. The summed E-state index contributed by atoms with van der Waals surface area (Å²) >= 11 is 0. The number of anilines is 4. The molecule has 176 valence electrons. The Morgan fingerprint density at radius 1 is 1.09 bits per heavy atom. The van der Waals surface area contributed by atoms with Gasteiger partial charge in [0.05, 0.1) is 16.8 Å². The van der Waals surface area contributed by atoms with Crippen LogP contribution in [0.1, 0.15) is 6.42 Å². The van der Waals surface area contributed by atoms with Crippen LogP contribution in [0.4, 0.5) is 27.4 Å². The smallest absolute Gasteiger partial charge is 0.247 e. The number of aromatic nitrogens is 3. The third-order valence-corrected chi connectivity index (χ3v) is 5.74. The topological polar surface area (TPSA) is 104 Å². The van der Waals surface area contributed by atoms with Crippen molar-refractivity contribution in [3.63, 3.8) is 0 Å². The lowest BCUT2D eigenvalue weighted by atomic mass is 10.1. The van der Waals surface area contributed by atoms with E-state index in [1.54, 1.807) is 24.4 Å². The Kier molecular flexibility index (Phi) is 6.32. The van der Waals surface area contributed by atoms with E-state index < -0.39 is 5.82 Å². The lowest BCUT2D eigenvalue weighted by Gasteiger charge is -2.14. The van der Waals surface area contributed by atoms with Crippen molar-refractivity contribution in [3.05, 3.63) is 79.4 Å². The molecule has 35 heavy (non-hydrogen) atoms. The number of rotatable bonds is 7. The van der Waals surface area contributed by atoms with Crippen LogP contribution in [-0.2, 0) is 4.79 Å². The normalized spacial score (nSPS) is 15.1. The van der Waals surface area contributed by atoms with Gasteiger partial charge in [-0.15, -0.1) is 0 Å². The Bertz CT molecular complexity index is 1380. The number of hydrogen-bond acceptors (Lipinski definition) is 7. The average Bonchev–Trinajstić information content (AvgIpc) is 3.38. The maximum absolute atomic E-state index is 15.0. The zero-order valence-electron chi connectivity index (χ0n) is 18.9.